The molecule has 3 atom stereocenters. The maximum Gasteiger partial charge on any atom is 0.451 e. The molecule has 9 heteroatoms. The highest BCUT2D eigenvalue weighted by Crippen LogP contribution is 2.56. The van der Waals surface area contributed by atoms with Crippen molar-refractivity contribution in [1.82, 2.24) is 4.90 Å². The Bertz CT molecular complexity index is 725. The minimum atomic E-state index is -4.32. The van der Waals surface area contributed by atoms with Crippen LogP contribution in [-0.2, 0) is 18.8 Å². The smallest absolute Gasteiger partial charge is 0.325 e. The summed E-state index contributed by atoms with van der Waals surface area (Å²) in [6.07, 6.45) is 0.835. The Morgan fingerprint density at radius 2 is 2.14 bits per heavy atom. The third-order valence-electron chi connectivity index (χ3n) is 4.07. The second kappa shape index (κ2) is 5.17. The maximum absolute atomic E-state index is 14.0. The van der Waals surface area contributed by atoms with E-state index in [4.69, 9.17) is 5.41 Å². The number of benzene rings is 1. The van der Waals surface area contributed by atoms with E-state index in [9.17, 15) is 17.2 Å². The van der Waals surface area contributed by atoms with Crippen LogP contribution in [0.5, 0.6) is 0 Å². The van der Waals surface area contributed by atoms with Crippen LogP contribution in [0.3, 0.4) is 0 Å². The van der Waals surface area contributed by atoms with Crippen molar-refractivity contribution in [3.63, 3.8) is 0 Å². The van der Waals surface area contributed by atoms with Crippen LogP contribution in [0.4, 0.5) is 8.78 Å². The molecule has 2 fully saturated rings. The van der Waals surface area contributed by atoms with E-state index in [1.807, 2.05) is 0 Å². The fourth-order valence-corrected chi connectivity index (χ4v) is 3.35. The van der Waals surface area contributed by atoms with E-state index in [2.05, 4.69) is 8.37 Å². The highest BCUT2D eigenvalue weighted by atomic mass is 32.3. The summed E-state index contributed by atoms with van der Waals surface area (Å²) in [7, 11) is -3.41. The number of amidine groups is 1. The molecule has 0 spiro atoms. The summed E-state index contributed by atoms with van der Waals surface area (Å²) >= 11 is 0. The van der Waals surface area contributed by atoms with Crippen LogP contribution in [0.1, 0.15) is 18.0 Å². The van der Waals surface area contributed by atoms with E-state index in [1.165, 1.54) is 4.90 Å². The molecule has 3 rings (SSSR count). The summed E-state index contributed by atoms with van der Waals surface area (Å²) in [4.78, 5) is 1.33. The van der Waals surface area contributed by atoms with E-state index in [1.54, 1.807) is 0 Å². The van der Waals surface area contributed by atoms with Crippen molar-refractivity contribution >= 4 is 16.4 Å². The molecule has 0 amide bonds. The largest absolute Gasteiger partial charge is 0.451 e. The van der Waals surface area contributed by atoms with Gasteiger partial charge in [0.05, 0.1) is 13.2 Å². The molecule has 2 aliphatic rings. The van der Waals surface area contributed by atoms with E-state index < -0.39 is 34.1 Å². The first kappa shape index (κ1) is 15.2. The fourth-order valence-electron chi connectivity index (χ4n) is 2.99. The topological polar surface area (TPSA) is 79.7 Å². The van der Waals surface area contributed by atoms with Gasteiger partial charge in [0.1, 0.15) is 11.6 Å². The molecule has 120 valence electrons. The molecule has 3 unspecified atom stereocenters. The van der Waals surface area contributed by atoms with Gasteiger partial charge in [0, 0.05) is 12.1 Å². The predicted molar refractivity (Wildman–Crippen MR) is 72.1 cm³/mol. The summed E-state index contributed by atoms with van der Waals surface area (Å²) in [6, 6.07) is 1.85. The molecule has 1 aliphatic heterocycles. The van der Waals surface area contributed by atoms with Gasteiger partial charge in [0.15, 0.2) is 0 Å². The standard InChI is InChI=1S/C13H14F2N2O4S/c1-20-22(18,19)21-13(16)17-6-7-4-9(7)12(17)10-5-8(14)2-3-11(10)15/h2-3,5,7,9,12,16H,4,6H2,1H3. The molecule has 1 aromatic rings. The Kier molecular flexibility index (Phi) is 3.56. The molecule has 0 bridgehead atoms. The first-order chi connectivity index (χ1) is 10.3. The zero-order chi connectivity index (χ0) is 16.1. The van der Waals surface area contributed by atoms with Crippen molar-refractivity contribution in [2.24, 2.45) is 11.8 Å². The van der Waals surface area contributed by atoms with Gasteiger partial charge in [-0.3, -0.25) is 5.41 Å². The van der Waals surface area contributed by atoms with Crippen LogP contribution >= 0.6 is 0 Å². The van der Waals surface area contributed by atoms with Gasteiger partial charge in [-0.1, -0.05) is 0 Å². The van der Waals surface area contributed by atoms with Gasteiger partial charge in [-0.05, 0) is 36.5 Å². The van der Waals surface area contributed by atoms with Gasteiger partial charge in [-0.15, -0.1) is 0 Å². The fraction of sp³-hybridized carbons (Fsp3) is 0.462. The Morgan fingerprint density at radius 1 is 1.41 bits per heavy atom. The number of piperidine rings is 1. The van der Waals surface area contributed by atoms with Crippen molar-refractivity contribution < 1.29 is 25.6 Å². The Hall–Kier alpha value is -1.74. The third-order valence-corrected chi connectivity index (χ3v) is 4.84. The molecular formula is C13H14F2N2O4S. The van der Waals surface area contributed by atoms with Crippen molar-refractivity contribution in [3.05, 3.63) is 35.4 Å². The van der Waals surface area contributed by atoms with Gasteiger partial charge in [-0.25, -0.2) is 13.0 Å². The van der Waals surface area contributed by atoms with E-state index in [0.717, 1.165) is 31.7 Å². The summed E-state index contributed by atoms with van der Waals surface area (Å²) in [5.41, 5.74) is 0.105. The van der Waals surface area contributed by atoms with Gasteiger partial charge in [0.2, 0.25) is 0 Å². The molecule has 1 aliphatic carbocycles. The molecule has 1 aromatic carbocycles. The van der Waals surface area contributed by atoms with Crippen LogP contribution in [0.25, 0.3) is 0 Å². The minimum Gasteiger partial charge on any atom is -0.325 e. The Balaban J connectivity index is 1.89. The molecule has 1 saturated carbocycles. The SMILES string of the molecule is COS(=O)(=O)OC(=N)N1CC2CC2C1c1cc(F)ccc1F. The number of rotatable bonds is 3. The number of likely N-dealkylation sites (tertiary alicyclic amines) is 1. The predicted octanol–water partition coefficient (Wildman–Crippen LogP) is 1.80. The minimum absolute atomic E-state index is 0.0606. The van der Waals surface area contributed by atoms with Crippen molar-refractivity contribution in [3.8, 4) is 0 Å². The molecule has 6 nitrogen and oxygen atoms in total. The quantitative estimate of drug-likeness (QED) is 0.674. The lowest BCUT2D eigenvalue weighted by molar-refractivity contribution is 0.256. The van der Waals surface area contributed by atoms with Crippen LogP contribution < -0.4 is 0 Å². The molecule has 1 heterocycles. The van der Waals surface area contributed by atoms with E-state index in [0.29, 0.717) is 6.54 Å². The number of halogens is 2. The highest BCUT2D eigenvalue weighted by molar-refractivity contribution is 7.82. The van der Waals surface area contributed by atoms with Crippen molar-refractivity contribution in [1.29, 1.82) is 5.41 Å². The van der Waals surface area contributed by atoms with E-state index in [-0.39, 0.29) is 17.4 Å². The molecule has 22 heavy (non-hydrogen) atoms. The highest BCUT2D eigenvalue weighted by Gasteiger charge is 2.55. The number of fused-ring (bicyclic) bond motifs is 1. The number of hydrogen-bond donors (Lipinski definition) is 1. The van der Waals surface area contributed by atoms with Crippen LogP contribution in [0, 0.1) is 28.9 Å². The number of nitrogens with one attached hydrogen (secondary N) is 1. The Labute approximate surface area is 126 Å². The lowest BCUT2D eigenvalue weighted by Gasteiger charge is -2.28. The summed E-state index contributed by atoms with van der Waals surface area (Å²) in [5.74, 6) is -0.892. The normalized spacial score (nSPS) is 26.7. The summed E-state index contributed by atoms with van der Waals surface area (Å²) in [5, 5.41) is 7.79. The van der Waals surface area contributed by atoms with Crippen LogP contribution in [0.15, 0.2) is 18.2 Å². The first-order valence-electron chi connectivity index (χ1n) is 6.62. The number of nitrogens with zero attached hydrogens (tertiary/aromatic N) is 1. The van der Waals surface area contributed by atoms with Crippen LogP contribution in [0.2, 0.25) is 0 Å². The second-order valence-corrected chi connectivity index (χ2v) is 6.70. The summed E-state index contributed by atoms with van der Waals surface area (Å²) in [6.45, 7) is 0.364. The zero-order valence-electron chi connectivity index (χ0n) is 11.6. The van der Waals surface area contributed by atoms with Gasteiger partial charge in [-0.2, -0.15) is 8.42 Å². The lowest BCUT2D eigenvalue weighted by atomic mass is 10.0. The zero-order valence-corrected chi connectivity index (χ0v) is 12.4. The monoisotopic (exact) mass is 332 g/mol. The van der Waals surface area contributed by atoms with Gasteiger partial charge < -0.3 is 9.08 Å². The average Bonchev–Trinajstić information content (AvgIpc) is 3.12. The van der Waals surface area contributed by atoms with Crippen molar-refractivity contribution in [2.75, 3.05) is 13.7 Å². The summed E-state index contributed by atoms with van der Waals surface area (Å²) < 4.78 is 58.6. The molecular weight excluding hydrogens is 318 g/mol. The van der Waals surface area contributed by atoms with Gasteiger partial charge in [0.25, 0.3) is 0 Å². The molecule has 1 saturated heterocycles. The first-order valence-corrected chi connectivity index (χ1v) is 7.96. The molecule has 1 N–H and O–H groups in total. The Morgan fingerprint density at radius 3 is 2.82 bits per heavy atom. The molecule has 0 aromatic heterocycles. The van der Waals surface area contributed by atoms with Crippen molar-refractivity contribution in [2.45, 2.75) is 12.5 Å². The third kappa shape index (κ3) is 2.66. The average molecular weight is 332 g/mol. The molecule has 0 radical (unpaired) electrons. The lowest BCUT2D eigenvalue weighted by Crippen LogP contribution is -2.36. The van der Waals surface area contributed by atoms with Gasteiger partial charge >= 0.3 is 16.4 Å². The maximum atomic E-state index is 14.0. The number of hydrogen-bond acceptors (Lipinski definition) is 5. The second-order valence-electron chi connectivity index (χ2n) is 5.39. The van der Waals surface area contributed by atoms with Crippen LogP contribution in [-0.4, -0.2) is 33.0 Å². The van der Waals surface area contributed by atoms with E-state index >= 15 is 0 Å².